The first-order valence-corrected chi connectivity index (χ1v) is 10.6. The van der Waals surface area contributed by atoms with E-state index in [-0.39, 0.29) is 11.9 Å². The lowest BCUT2D eigenvalue weighted by Crippen LogP contribution is -2.44. The Morgan fingerprint density at radius 2 is 1.50 bits per heavy atom. The van der Waals surface area contributed by atoms with E-state index in [0.717, 1.165) is 22.4 Å². The number of carbonyl (C=O) groups excluding carboxylic acids is 2. The molecule has 2 N–H and O–H groups in total. The van der Waals surface area contributed by atoms with Crippen LogP contribution in [0, 0.1) is 0 Å². The van der Waals surface area contributed by atoms with Crippen LogP contribution in [0.15, 0.2) is 96.2 Å². The van der Waals surface area contributed by atoms with Gasteiger partial charge in [-0.25, -0.2) is 4.79 Å². The summed E-state index contributed by atoms with van der Waals surface area (Å²) >= 11 is 0. The van der Waals surface area contributed by atoms with Crippen LogP contribution in [0.25, 0.3) is 0 Å². The molecule has 0 bridgehead atoms. The molecule has 6 nitrogen and oxygen atoms in total. The minimum atomic E-state index is -0.491. The molecule has 0 aliphatic carbocycles. The standard InChI is InChI=1S/C26H23N3O3/c30-25-23-22(16-29(25)15-18-7-3-1-4-8-18)27-26(31)28-24(23)20-11-13-21(14-12-20)32-17-19-9-5-2-6-10-19/h1-14,24H,15-17H2,(H2,27,28,31)/t24-/m0/s1. The molecule has 32 heavy (non-hydrogen) atoms. The van der Waals surface area contributed by atoms with Gasteiger partial charge in [-0.1, -0.05) is 72.8 Å². The molecule has 6 heteroatoms. The van der Waals surface area contributed by atoms with Gasteiger partial charge in [0.25, 0.3) is 5.91 Å². The van der Waals surface area contributed by atoms with E-state index >= 15 is 0 Å². The number of amides is 3. The minimum absolute atomic E-state index is 0.0641. The Balaban J connectivity index is 1.32. The third kappa shape index (κ3) is 4.07. The van der Waals surface area contributed by atoms with Crippen LogP contribution in [-0.2, 0) is 17.9 Å². The van der Waals surface area contributed by atoms with Crippen LogP contribution in [-0.4, -0.2) is 23.4 Å². The maximum atomic E-state index is 13.2. The molecule has 2 aliphatic heterocycles. The van der Waals surface area contributed by atoms with Gasteiger partial charge >= 0.3 is 6.03 Å². The molecule has 2 aliphatic rings. The number of rotatable bonds is 6. The summed E-state index contributed by atoms with van der Waals surface area (Å²) in [6.07, 6.45) is 0. The van der Waals surface area contributed by atoms with Crippen LogP contribution < -0.4 is 15.4 Å². The van der Waals surface area contributed by atoms with E-state index in [9.17, 15) is 9.59 Å². The lowest BCUT2D eigenvalue weighted by molar-refractivity contribution is -0.126. The van der Waals surface area contributed by atoms with Crippen molar-refractivity contribution in [3.63, 3.8) is 0 Å². The second-order valence-corrected chi connectivity index (χ2v) is 7.91. The van der Waals surface area contributed by atoms with E-state index in [1.54, 1.807) is 4.90 Å². The van der Waals surface area contributed by atoms with Crippen molar-refractivity contribution in [3.05, 3.63) is 113 Å². The van der Waals surface area contributed by atoms with Gasteiger partial charge < -0.3 is 20.3 Å². The van der Waals surface area contributed by atoms with Gasteiger partial charge in [-0.2, -0.15) is 0 Å². The molecule has 5 rings (SSSR count). The molecule has 0 spiro atoms. The second kappa shape index (κ2) is 8.59. The van der Waals surface area contributed by atoms with Gasteiger partial charge in [-0.05, 0) is 28.8 Å². The molecule has 0 fully saturated rings. The van der Waals surface area contributed by atoms with Crippen molar-refractivity contribution >= 4 is 11.9 Å². The number of ether oxygens (including phenoxy) is 1. The van der Waals surface area contributed by atoms with Crippen molar-refractivity contribution in [3.8, 4) is 5.75 Å². The number of urea groups is 1. The van der Waals surface area contributed by atoms with Gasteiger partial charge in [0.1, 0.15) is 12.4 Å². The van der Waals surface area contributed by atoms with E-state index in [1.165, 1.54) is 0 Å². The second-order valence-electron chi connectivity index (χ2n) is 7.91. The van der Waals surface area contributed by atoms with Crippen molar-refractivity contribution in [2.75, 3.05) is 6.54 Å². The van der Waals surface area contributed by atoms with Crippen molar-refractivity contribution in [1.82, 2.24) is 15.5 Å². The van der Waals surface area contributed by atoms with Crippen molar-refractivity contribution in [2.45, 2.75) is 19.2 Å². The molecule has 0 aromatic heterocycles. The SMILES string of the molecule is O=C1NC2=C(C(=O)N(Cc3ccccc3)C2)[C@H](c2ccc(OCc3ccccc3)cc2)N1. The molecule has 0 saturated carbocycles. The third-order valence-corrected chi connectivity index (χ3v) is 5.70. The Hall–Kier alpha value is -4.06. The largest absolute Gasteiger partial charge is 0.489 e. The molecule has 0 radical (unpaired) electrons. The summed E-state index contributed by atoms with van der Waals surface area (Å²) in [5.41, 5.74) is 4.25. The summed E-state index contributed by atoms with van der Waals surface area (Å²) in [6, 6.07) is 26.5. The van der Waals surface area contributed by atoms with Crippen LogP contribution in [0.1, 0.15) is 22.7 Å². The van der Waals surface area contributed by atoms with Crippen LogP contribution in [0.3, 0.4) is 0 Å². The quantitative estimate of drug-likeness (QED) is 0.629. The number of hydrogen-bond acceptors (Lipinski definition) is 3. The van der Waals surface area contributed by atoms with Gasteiger partial charge in [-0.15, -0.1) is 0 Å². The molecule has 3 aromatic carbocycles. The van der Waals surface area contributed by atoms with Gasteiger partial charge in [0.2, 0.25) is 0 Å². The zero-order valence-corrected chi connectivity index (χ0v) is 17.5. The van der Waals surface area contributed by atoms with Crippen molar-refractivity contribution in [2.24, 2.45) is 0 Å². The molecule has 3 aromatic rings. The van der Waals surface area contributed by atoms with Crippen LogP contribution in [0.2, 0.25) is 0 Å². The predicted molar refractivity (Wildman–Crippen MR) is 121 cm³/mol. The fourth-order valence-electron chi connectivity index (χ4n) is 4.11. The van der Waals surface area contributed by atoms with Gasteiger partial charge in [-0.3, -0.25) is 4.79 Å². The molecular formula is C26H23N3O3. The topological polar surface area (TPSA) is 70.7 Å². The van der Waals surface area contributed by atoms with E-state index in [2.05, 4.69) is 10.6 Å². The van der Waals surface area contributed by atoms with E-state index in [1.807, 2.05) is 84.9 Å². The number of nitrogens with one attached hydrogen (secondary N) is 2. The summed E-state index contributed by atoms with van der Waals surface area (Å²) in [5.74, 6) is 0.668. The Morgan fingerprint density at radius 1 is 0.844 bits per heavy atom. The molecule has 1 atom stereocenters. The predicted octanol–water partition coefficient (Wildman–Crippen LogP) is 3.92. The summed E-state index contributed by atoms with van der Waals surface area (Å²) in [4.78, 5) is 27.3. The summed E-state index contributed by atoms with van der Waals surface area (Å²) in [6.45, 7) is 1.37. The first kappa shape index (κ1) is 19.9. The molecule has 0 unspecified atom stereocenters. The number of carbonyl (C=O) groups is 2. The highest BCUT2D eigenvalue weighted by molar-refractivity contribution is 6.01. The highest BCUT2D eigenvalue weighted by Gasteiger charge is 2.40. The normalized spacial score (nSPS) is 17.6. The zero-order valence-electron chi connectivity index (χ0n) is 17.5. The van der Waals surface area contributed by atoms with E-state index in [4.69, 9.17) is 4.74 Å². The van der Waals surface area contributed by atoms with E-state index < -0.39 is 6.04 Å². The molecule has 2 heterocycles. The first-order valence-electron chi connectivity index (χ1n) is 10.6. The van der Waals surface area contributed by atoms with Gasteiger partial charge in [0.05, 0.1) is 23.9 Å². The van der Waals surface area contributed by atoms with Crippen LogP contribution >= 0.6 is 0 Å². The highest BCUT2D eigenvalue weighted by Crippen LogP contribution is 2.33. The Bertz CT molecular complexity index is 1160. The minimum Gasteiger partial charge on any atom is -0.489 e. The van der Waals surface area contributed by atoms with Gasteiger partial charge in [0.15, 0.2) is 0 Å². The summed E-state index contributed by atoms with van der Waals surface area (Å²) in [5, 5.41) is 5.72. The monoisotopic (exact) mass is 425 g/mol. The Labute approximate surface area is 186 Å². The van der Waals surface area contributed by atoms with Crippen LogP contribution in [0.5, 0.6) is 5.75 Å². The van der Waals surface area contributed by atoms with Crippen LogP contribution in [0.4, 0.5) is 4.79 Å². The summed E-state index contributed by atoms with van der Waals surface area (Å²) < 4.78 is 5.86. The number of nitrogens with zero attached hydrogens (tertiary/aromatic N) is 1. The highest BCUT2D eigenvalue weighted by atomic mass is 16.5. The molecule has 160 valence electrons. The van der Waals surface area contributed by atoms with Crippen molar-refractivity contribution in [1.29, 1.82) is 0 Å². The Kier molecular flexibility index (Phi) is 5.34. The first-order chi connectivity index (χ1) is 15.7. The van der Waals surface area contributed by atoms with Gasteiger partial charge in [0, 0.05) is 6.54 Å². The average molecular weight is 425 g/mol. The Morgan fingerprint density at radius 3 is 2.19 bits per heavy atom. The molecular weight excluding hydrogens is 402 g/mol. The average Bonchev–Trinajstić information content (AvgIpc) is 3.13. The van der Waals surface area contributed by atoms with E-state index in [0.29, 0.717) is 31.0 Å². The lowest BCUT2D eigenvalue weighted by atomic mass is 9.96. The number of hydrogen-bond donors (Lipinski definition) is 2. The third-order valence-electron chi connectivity index (χ3n) is 5.70. The summed E-state index contributed by atoms with van der Waals surface area (Å²) in [7, 11) is 0. The zero-order chi connectivity index (χ0) is 21.9. The lowest BCUT2D eigenvalue weighted by Gasteiger charge is -2.25. The maximum absolute atomic E-state index is 13.2. The fourth-order valence-corrected chi connectivity index (χ4v) is 4.11. The number of benzene rings is 3. The molecule has 0 saturated heterocycles. The fraction of sp³-hybridized carbons (Fsp3) is 0.154. The molecule has 3 amide bonds. The smallest absolute Gasteiger partial charge is 0.319 e. The van der Waals surface area contributed by atoms with Crippen molar-refractivity contribution < 1.29 is 14.3 Å². The maximum Gasteiger partial charge on any atom is 0.319 e.